The van der Waals surface area contributed by atoms with Crippen LogP contribution in [-0.2, 0) is 12.2 Å². The number of aryl methyl sites for hydroxylation is 2. The molecular weight excluding hydrogens is 521 g/mol. The highest BCUT2D eigenvalue weighted by molar-refractivity contribution is 6.32. The van der Waals surface area contributed by atoms with E-state index >= 15 is 0 Å². The van der Waals surface area contributed by atoms with Crippen molar-refractivity contribution in [2.75, 3.05) is 0 Å². The van der Waals surface area contributed by atoms with Crippen LogP contribution in [0.25, 0.3) is 16.9 Å². The Morgan fingerprint density at radius 1 is 1.03 bits per heavy atom. The summed E-state index contributed by atoms with van der Waals surface area (Å²) in [4.78, 5) is 25.7. The SMILES string of the molecule is Cc1cc(COc2nc(C)n(-c3cc(-c4nc(C(C)(C)O)ncc4F)ccc3Cl)c(=O)c2C)c(F)cc1F. The minimum atomic E-state index is -1.41. The molecule has 2 heterocycles. The maximum absolute atomic E-state index is 14.7. The third kappa shape index (κ3) is 5.27. The van der Waals surface area contributed by atoms with E-state index in [1.807, 2.05) is 0 Å². The van der Waals surface area contributed by atoms with E-state index in [9.17, 15) is 23.1 Å². The molecule has 0 fully saturated rings. The first-order chi connectivity index (χ1) is 17.8. The normalized spacial score (nSPS) is 11.6. The Morgan fingerprint density at radius 3 is 2.42 bits per heavy atom. The van der Waals surface area contributed by atoms with Crippen LogP contribution < -0.4 is 10.3 Å². The highest BCUT2D eigenvalue weighted by atomic mass is 35.5. The van der Waals surface area contributed by atoms with Crippen LogP contribution in [0.4, 0.5) is 13.2 Å². The molecule has 0 unspecified atom stereocenters. The summed E-state index contributed by atoms with van der Waals surface area (Å²) in [7, 11) is 0. The average molecular weight is 545 g/mol. The van der Waals surface area contributed by atoms with Gasteiger partial charge in [-0.1, -0.05) is 17.7 Å². The summed E-state index contributed by atoms with van der Waals surface area (Å²) in [6.45, 7) is 7.23. The molecule has 11 heteroatoms. The first-order valence-corrected chi connectivity index (χ1v) is 11.9. The molecule has 0 aliphatic rings. The van der Waals surface area contributed by atoms with Crippen molar-refractivity contribution in [3.05, 3.63) is 97.7 Å². The summed E-state index contributed by atoms with van der Waals surface area (Å²) in [5, 5.41) is 10.4. The second-order valence-corrected chi connectivity index (χ2v) is 9.73. The van der Waals surface area contributed by atoms with E-state index in [2.05, 4.69) is 15.0 Å². The van der Waals surface area contributed by atoms with Crippen LogP contribution in [-0.4, -0.2) is 24.6 Å². The smallest absolute Gasteiger partial charge is 0.264 e. The molecule has 7 nitrogen and oxygen atoms in total. The largest absolute Gasteiger partial charge is 0.472 e. The lowest BCUT2D eigenvalue weighted by Crippen LogP contribution is -2.25. The molecule has 0 saturated heterocycles. The van der Waals surface area contributed by atoms with Gasteiger partial charge in [0.15, 0.2) is 11.6 Å². The van der Waals surface area contributed by atoms with Crippen LogP contribution in [0.2, 0.25) is 5.02 Å². The molecule has 0 atom stereocenters. The Morgan fingerprint density at radius 2 is 1.74 bits per heavy atom. The van der Waals surface area contributed by atoms with Crippen molar-refractivity contribution >= 4 is 11.6 Å². The summed E-state index contributed by atoms with van der Waals surface area (Å²) in [6, 6.07) is 6.60. The van der Waals surface area contributed by atoms with E-state index < -0.39 is 28.6 Å². The zero-order chi connectivity index (χ0) is 27.9. The first-order valence-electron chi connectivity index (χ1n) is 11.5. The molecule has 4 aromatic rings. The van der Waals surface area contributed by atoms with Gasteiger partial charge in [-0.25, -0.2) is 23.1 Å². The third-order valence-electron chi connectivity index (χ3n) is 5.88. The van der Waals surface area contributed by atoms with Crippen molar-refractivity contribution in [1.82, 2.24) is 19.5 Å². The minimum Gasteiger partial charge on any atom is -0.472 e. The Balaban J connectivity index is 1.75. The van der Waals surface area contributed by atoms with Crippen LogP contribution in [0.3, 0.4) is 0 Å². The number of hydrogen-bond acceptors (Lipinski definition) is 6. The molecule has 0 saturated carbocycles. The molecule has 1 N–H and O–H groups in total. The van der Waals surface area contributed by atoms with E-state index in [-0.39, 0.29) is 57.2 Å². The fourth-order valence-corrected chi connectivity index (χ4v) is 3.98. The third-order valence-corrected chi connectivity index (χ3v) is 6.20. The summed E-state index contributed by atoms with van der Waals surface area (Å²) in [5.74, 6) is -1.97. The molecule has 0 aliphatic carbocycles. The maximum atomic E-state index is 14.7. The lowest BCUT2D eigenvalue weighted by Gasteiger charge is -2.18. The van der Waals surface area contributed by atoms with Crippen molar-refractivity contribution in [2.45, 2.75) is 46.8 Å². The van der Waals surface area contributed by atoms with E-state index in [4.69, 9.17) is 16.3 Å². The van der Waals surface area contributed by atoms with Crippen molar-refractivity contribution in [3.8, 4) is 22.8 Å². The van der Waals surface area contributed by atoms with Gasteiger partial charge >= 0.3 is 0 Å². The number of ether oxygens (including phenoxy) is 1. The standard InChI is InChI=1S/C27H24ClF3N4O3/c1-13-8-17(20(30)10-19(13)29)12-38-24-14(2)25(36)35(15(3)33-24)22-9-16(6-7-18(22)28)23-21(31)11-32-26(34-23)27(4,5)37/h6-11,37H,12H2,1-5H3. The van der Waals surface area contributed by atoms with Gasteiger partial charge in [0.05, 0.1) is 22.5 Å². The van der Waals surface area contributed by atoms with Crippen molar-refractivity contribution in [3.63, 3.8) is 0 Å². The van der Waals surface area contributed by atoms with Gasteiger partial charge in [-0.15, -0.1) is 0 Å². The van der Waals surface area contributed by atoms with Gasteiger partial charge in [0.1, 0.15) is 35.4 Å². The van der Waals surface area contributed by atoms with Gasteiger partial charge < -0.3 is 9.84 Å². The first kappa shape index (κ1) is 27.3. The summed E-state index contributed by atoms with van der Waals surface area (Å²) in [6.07, 6.45) is 0.963. The zero-order valence-corrected chi connectivity index (χ0v) is 22.0. The molecule has 0 amide bonds. The number of benzene rings is 2. The number of hydrogen-bond donors (Lipinski definition) is 1. The van der Waals surface area contributed by atoms with E-state index in [0.717, 1.165) is 12.3 Å². The highest BCUT2D eigenvalue weighted by Gasteiger charge is 2.23. The molecule has 0 spiro atoms. The fraction of sp³-hybridized carbons (Fsp3) is 0.259. The molecule has 0 bridgehead atoms. The van der Waals surface area contributed by atoms with Crippen molar-refractivity contribution in [2.24, 2.45) is 0 Å². The van der Waals surface area contributed by atoms with Crippen LogP contribution >= 0.6 is 11.6 Å². The van der Waals surface area contributed by atoms with Gasteiger partial charge in [0.25, 0.3) is 5.56 Å². The Bertz CT molecular complexity index is 1620. The quantitative estimate of drug-likeness (QED) is 0.345. The van der Waals surface area contributed by atoms with Crippen LogP contribution in [0.5, 0.6) is 5.88 Å². The van der Waals surface area contributed by atoms with Gasteiger partial charge in [-0.05, 0) is 58.4 Å². The Kier molecular flexibility index (Phi) is 7.31. The van der Waals surface area contributed by atoms with Crippen molar-refractivity contribution < 1.29 is 23.0 Å². The number of nitrogens with zero attached hydrogens (tertiary/aromatic N) is 4. The molecule has 198 valence electrons. The second-order valence-electron chi connectivity index (χ2n) is 9.33. The molecule has 0 aliphatic heterocycles. The minimum absolute atomic E-state index is 0.0190. The lowest BCUT2D eigenvalue weighted by molar-refractivity contribution is 0.0686. The van der Waals surface area contributed by atoms with Crippen LogP contribution in [0.15, 0.2) is 41.3 Å². The zero-order valence-electron chi connectivity index (χ0n) is 21.2. The van der Waals surface area contributed by atoms with E-state index in [1.165, 1.54) is 56.5 Å². The van der Waals surface area contributed by atoms with Crippen LogP contribution in [0.1, 0.15) is 42.2 Å². The average Bonchev–Trinajstić information content (AvgIpc) is 2.84. The Labute approximate surface area is 221 Å². The molecule has 0 radical (unpaired) electrons. The Hall–Kier alpha value is -3.76. The fourth-order valence-electron chi connectivity index (χ4n) is 3.78. The monoisotopic (exact) mass is 544 g/mol. The van der Waals surface area contributed by atoms with E-state index in [0.29, 0.717) is 5.56 Å². The van der Waals surface area contributed by atoms with Gasteiger partial charge in [0, 0.05) is 17.2 Å². The predicted molar refractivity (Wildman–Crippen MR) is 136 cm³/mol. The highest BCUT2D eigenvalue weighted by Crippen LogP contribution is 2.30. The molecule has 4 rings (SSSR count). The van der Waals surface area contributed by atoms with Gasteiger partial charge in [-0.2, -0.15) is 4.98 Å². The molecule has 2 aromatic heterocycles. The topological polar surface area (TPSA) is 90.1 Å². The maximum Gasteiger partial charge on any atom is 0.264 e. The lowest BCUT2D eigenvalue weighted by atomic mass is 10.1. The summed E-state index contributed by atoms with van der Waals surface area (Å²) < 4.78 is 49.3. The second kappa shape index (κ2) is 10.2. The molecular formula is C27H24ClF3N4O3. The molecule has 38 heavy (non-hydrogen) atoms. The van der Waals surface area contributed by atoms with Gasteiger partial charge in [0.2, 0.25) is 5.88 Å². The number of rotatable bonds is 6. The van der Waals surface area contributed by atoms with Gasteiger partial charge in [-0.3, -0.25) is 9.36 Å². The van der Waals surface area contributed by atoms with Crippen LogP contribution in [0, 0.1) is 38.2 Å². The summed E-state index contributed by atoms with van der Waals surface area (Å²) in [5.41, 5.74) is -1.00. The summed E-state index contributed by atoms with van der Waals surface area (Å²) >= 11 is 6.43. The van der Waals surface area contributed by atoms with E-state index in [1.54, 1.807) is 6.92 Å². The molecule has 2 aromatic carbocycles. The predicted octanol–water partition coefficient (Wildman–Crippen LogP) is 5.49. The number of aromatic nitrogens is 4. The number of halogens is 4. The van der Waals surface area contributed by atoms with Crippen molar-refractivity contribution in [1.29, 1.82) is 0 Å². The number of aliphatic hydroxyl groups is 1.